The highest BCUT2D eigenvalue weighted by molar-refractivity contribution is 9.10. The highest BCUT2D eigenvalue weighted by Gasteiger charge is 2.34. The minimum absolute atomic E-state index is 0.0448. The maximum Gasteiger partial charge on any atom is 0.418 e. The lowest BCUT2D eigenvalue weighted by atomic mass is 10.0. The second kappa shape index (κ2) is 7.46. The predicted molar refractivity (Wildman–Crippen MR) is 108 cm³/mol. The molecule has 1 heterocycles. The second-order valence-corrected chi connectivity index (χ2v) is 7.80. The van der Waals surface area contributed by atoms with Crippen LogP contribution < -0.4 is 0 Å². The molecule has 4 aromatic rings. The number of fused-ring (bicyclic) bond motifs is 1. The summed E-state index contributed by atoms with van der Waals surface area (Å²) < 4.78 is 57.1. The molecule has 0 saturated heterocycles. The van der Waals surface area contributed by atoms with Crippen LogP contribution in [0.4, 0.5) is 17.6 Å². The van der Waals surface area contributed by atoms with Crippen molar-refractivity contribution in [1.29, 1.82) is 0 Å². The van der Waals surface area contributed by atoms with Gasteiger partial charge in [0, 0.05) is 26.0 Å². The number of alkyl halides is 3. The summed E-state index contributed by atoms with van der Waals surface area (Å²) in [6.45, 7) is -0.0448. The average Bonchev–Trinajstić information content (AvgIpc) is 3.01. The van der Waals surface area contributed by atoms with Gasteiger partial charge < -0.3 is 0 Å². The molecule has 0 atom stereocenters. The molecular formula is C21H12BrClF4N2. The third-order valence-electron chi connectivity index (χ3n) is 4.51. The topological polar surface area (TPSA) is 17.8 Å². The molecule has 0 aliphatic rings. The van der Waals surface area contributed by atoms with Crippen molar-refractivity contribution < 1.29 is 17.6 Å². The van der Waals surface area contributed by atoms with E-state index in [1.165, 1.54) is 28.9 Å². The van der Waals surface area contributed by atoms with Crippen molar-refractivity contribution in [3.05, 3.63) is 87.1 Å². The van der Waals surface area contributed by atoms with Crippen molar-refractivity contribution in [3.8, 4) is 11.3 Å². The van der Waals surface area contributed by atoms with Crippen molar-refractivity contribution in [2.75, 3.05) is 0 Å². The largest absolute Gasteiger partial charge is 0.418 e. The average molecular weight is 484 g/mol. The summed E-state index contributed by atoms with van der Waals surface area (Å²) in [6, 6.07) is 15.3. The van der Waals surface area contributed by atoms with Gasteiger partial charge in [-0.1, -0.05) is 57.9 Å². The lowest BCUT2D eigenvalue weighted by Crippen LogP contribution is -2.07. The minimum atomic E-state index is -4.56. The zero-order valence-corrected chi connectivity index (χ0v) is 17.0. The van der Waals surface area contributed by atoms with Crippen LogP contribution in [0.5, 0.6) is 0 Å². The van der Waals surface area contributed by atoms with Gasteiger partial charge in [0.2, 0.25) is 0 Å². The highest BCUT2D eigenvalue weighted by atomic mass is 79.9. The van der Waals surface area contributed by atoms with E-state index in [2.05, 4.69) is 21.0 Å². The van der Waals surface area contributed by atoms with Crippen LogP contribution in [0.3, 0.4) is 0 Å². The lowest BCUT2D eigenvalue weighted by molar-refractivity contribution is -0.136. The van der Waals surface area contributed by atoms with E-state index in [0.29, 0.717) is 16.6 Å². The van der Waals surface area contributed by atoms with Gasteiger partial charge in [0.05, 0.1) is 17.8 Å². The van der Waals surface area contributed by atoms with Gasteiger partial charge in [0.1, 0.15) is 11.3 Å². The van der Waals surface area contributed by atoms with Gasteiger partial charge in [-0.3, -0.25) is 4.68 Å². The first-order valence-electron chi connectivity index (χ1n) is 8.50. The van der Waals surface area contributed by atoms with Crippen molar-refractivity contribution in [2.24, 2.45) is 0 Å². The Labute approximate surface area is 176 Å². The molecule has 148 valence electrons. The summed E-state index contributed by atoms with van der Waals surface area (Å²) in [5.41, 5.74) is 0.398. The molecule has 0 N–H and O–H groups in total. The Balaban J connectivity index is 1.98. The molecule has 0 radical (unpaired) electrons. The molecule has 4 rings (SSSR count). The summed E-state index contributed by atoms with van der Waals surface area (Å²) in [6.07, 6.45) is -4.56. The molecule has 2 nitrogen and oxygen atoms in total. The number of rotatable bonds is 3. The molecule has 8 heteroatoms. The third kappa shape index (κ3) is 3.89. The number of nitrogens with zero attached hydrogens (tertiary/aromatic N) is 2. The van der Waals surface area contributed by atoms with Crippen LogP contribution in [0.1, 0.15) is 11.1 Å². The maximum absolute atomic E-state index is 14.3. The Hall–Kier alpha value is -2.38. The molecule has 0 saturated carbocycles. The zero-order valence-electron chi connectivity index (χ0n) is 14.6. The Morgan fingerprint density at radius 3 is 2.45 bits per heavy atom. The summed E-state index contributed by atoms with van der Waals surface area (Å²) >= 11 is 9.19. The zero-order chi connectivity index (χ0) is 20.8. The van der Waals surface area contributed by atoms with E-state index in [1.54, 1.807) is 24.3 Å². The van der Waals surface area contributed by atoms with E-state index < -0.39 is 17.6 Å². The number of aromatic nitrogens is 2. The minimum Gasteiger partial charge on any atom is -0.259 e. The number of hydrogen-bond donors (Lipinski definition) is 0. The van der Waals surface area contributed by atoms with Gasteiger partial charge in [-0.25, -0.2) is 4.39 Å². The number of benzene rings is 3. The molecule has 0 unspecified atom stereocenters. The normalized spacial score (nSPS) is 11.9. The molecule has 0 bridgehead atoms. The third-order valence-corrected chi connectivity index (χ3v) is 5.24. The van der Waals surface area contributed by atoms with Crippen LogP contribution in [0.25, 0.3) is 22.2 Å². The van der Waals surface area contributed by atoms with Crippen LogP contribution in [0.15, 0.2) is 65.1 Å². The molecule has 0 amide bonds. The fraction of sp³-hybridized carbons (Fsp3) is 0.0952. The van der Waals surface area contributed by atoms with E-state index in [1.807, 2.05) is 6.07 Å². The SMILES string of the molecule is Fc1cc(Cl)ccc1Cn1nc2c(C(F)(F)F)cccc2c1-c1cccc(Br)c1. The van der Waals surface area contributed by atoms with Crippen molar-refractivity contribution in [2.45, 2.75) is 12.7 Å². The first-order chi connectivity index (χ1) is 13.7. The molecule has 0 aliphatic carbocycles. The van der Waals surface area contributed by atoms with Gasteiger partial charge in [-0.2, -0.15) is 18.3 Å². The molecule has 0 aliphatic heterocycles. The van der Waals surface area contributed by atoms with E-state index >= 15 is 0 Å². The van der Waals surface area contributed by atoms with E-state index in [9.17, 15) is 17.6 Å². The van der Waals surface area contributed by atoms with Crippen LogP contribution in [0, 0.1) is 5.82 Å². The maximum atomic E-state index is 14.3. The van der Waals surface area contributed by atoms with Crippen LogP contribution >= 0.6 is 27.5 Å². The fourth-order valence-corrected chi connectivity index (χ4v) is 3.80. The monoisotopic (exact) mass is 482 g/mol. The highest BCUT2D eigenvalue weighted by Crippen LogP contribution is 2.38. The molecule has 3 aromatic carbocycles. The van der Waals surface area contributed by atoms with Crippen LogP contribution in [0.2, 0.25) is 5.02 Å². The van der Waals surface area contributed by atoms with Gasteiger partial charge in [0.25, 0.3) is 0 Å². The van der Waals surface area contributed by atoms with Crippen LogP contribution in [-0.2, 0) is 12.7 Å². The van der Waals surface area contributed by atoms with Crippen molar-refractivity contribution >= 4 is 38.4 Å². The molecule has 29 heavy (non-hydrogen) atoms. The van der Waals surface area contributed by atoms with E-state index in [4.69, 9.17) is 11.6 Å². The van der Waals surface area contributed by atoms with Gasteiger partial charge in [-0.05, 0) is 30.3 Å². The summed E-state index contributed by atoms with van der Waals surface area (Å²) in [7, 11) is 0. The second-order valence-electron chi connectivity index (χ2n) is 6.45. The van der Waals surface area contributed by atoms with Crippen LogP contribution in [-0.4, -0.2) is 9.78 Å². The van der Waals surface area contributed by atoms with Crippen molar-refractivity contribution in [1.82, 2.24) is 9.78 Å². The Morgan fingerprint density at radius 2 is 1.76 bits per heavy atom. The summed E-state index contributed by atoms with van der Waals surface area (Å²) in [5, 5.41) is 4.81. The van der Waals surface area contributed by atoms with Gasteiger partial charge >= 0.3 is 6.18 Å². The molecule has 1 aromatic heterocycles. The number of hydrogen-bond acceptors (Lipinski definition) is 1. The first-order valence-corrected chi connectivity index (χ1v) is 9.68. The predicted octanol–water partition coefficient (Wildman–Crippen LogP) is 7.33. The number of halogens is 6. The summed E-state index contributed by atoms with van der Waals surface area (Å²) in [4.78, 5) is 0. The molecule has 0 spiro atoms. The first kappa shape index (κ1) is 19.9. The van der Waals surface area contributed by atoms with Gasteiger partial charge in [-0.15, -0.1) is 0 Å². The van der Waals surface area contributed by atoms with Gasteiger partial charge in [0.15, 0.2) is 0 Å². The standard InChI is InChI=1S/C21H12BrClF4N2/c22-14-4-1-3-12(9-14)20-16-5-2-6-17(21(25,26)27)19(16)28-29(20)11-13-7-8-15(23)10-18(13)24/h1-10H,11H2. The smallest absolute Gasteiger partial charge is 0.259 e. The summed E-state index contributed by atoms with van der Waals surface area (Å²) in [5.74, 6) is -0.548. The van der Waals surface area contributed by atoms with E-state index in [0.717, 1.165) is 10.5 Å². The Bertz CT molecular complexity index is 1220. The molecule has 0 fully saturated rings. The quantitative estimate of drug-likeness (QED) is 0.279. The fourth-order valence-electron chi connectivity index (χ4n) is 3.25. The Kier molecular flexibility index (Phi) is 5.12. The lowest BCUT2D eigenvalue weighted by Gasteiger charge is -2.10. The Morgan fingerprint density at radius 1 is 1.00 bits per heavy atom. The van der Waals surface area contributed by atoms with Crippen molar-refractivity contribution in [3.63, 3.8) is 0 Å². The molecular weight excluding hydrogens is 472 g/mol. The van der Waals surface area contributed by atoms with E-state index in [-0.39, 0.29) is 22.6 Å².